The molecular weight excluding hydrogens is 587 g/mol. The van der Waals surface area contributed by atoms with Crippen LogP contribution in [0.5, 0.6) is 5.75 Å². The van der Waals surface area contributed by atoms with E-state index in [1.165, 1.54) is 55.9 Å². The Labute approximate surface area is 235 Å². The van der Waals surface area contributed by atoms with Crippen LogP contribution in [0.4, 0.5) is 24.8 Å². The van der Waals surface area contributed by atoms with Crippen LogP contribution in [0.1, 0.15) is 16.2 Å². The van der Waals surface area contributed by atoms with Crippen molar-refractivity contribution >= 4 is 44.8 Å². The van der Waals surface area contributed by atoms with Crippen molar-refractivity contribution in [3.05, 3.63) is 89.5 Å². The number of rotatable bonds is 7. The molecule has 0 atom stereocenters. The van der Waals surface area contributed by atoms with Crippen molar-refractivity contribution in [1.29, 1.82) is 0 Å². The summed E-state index contributed by atoms with van der Waals surface area (Å²) in [7, 11) is -2.62. The second-order valence-corrected chi connectivity index (χ2v) is 10.4. The Morgan fingerprint density at radius 2 is 1.73 bits per heavy atom. The van der Waals surface area contributed by atoms with Gasteiger partial charge in [0.05, 0.1) is 17.7 Å². The Morgan fingerprint density at radius 1 is 1.02 bits per heavy atom. The molecule has 0 unspecified atom stereocenters. The largest absolute Gasteiger partial charge is 0.497 e. The standard InChI is InChI=1S/C25H17ClF3N7O4S/c1-40-16-5-2-4-14(12-16)18-13-19(25(27,28)29)36-22(33-18)20(26)21(34-36)23(37)32-15-6-8-17(9-7-15)41(38,39)35-24-30-10-3-11-31-24/h2-13H,1H3,(H,32,37)(H,30,31,35). The molecule has 41 heavy (non-hydrogen) atoms. The van der Waals surface area contributed by atoms with Crippen molar-refractivity contribution < 1.29 is 31.1 Å². The van der Waals surface area contributed by atoms with Gasteiger partial charge in [-0.25, -0.2) is 32.6 Å². The number of nitrogens with zero attached hydrogens (tertiary/aromatic N) is 5. The van der Waals surface area contributed by atoms with Gasteiger partial charge in [-0.1, -0.05) is 23.7 Å². The van der Waals surface area contributed by atoms with Gasteiger partial charge >= 0.3 is 6.18 Å². The molecule has 3 heterocycles. The Kier molecular flexibility index (Phi) is 7.23. The van der Waals surface area contributed by atoms with Gasteiger partial charge in [0, 0.05) is 23.6 Å². The molecule has 0 spiro atoms. The minimum atomic E-state index is -4.86. The van der Waals surface area contributed by atoms with Crippen LogP contribution in [0.2, 0.25) is 5.02 Å². The Bertz CT molecular complexity index is 1870. The quantitative estimate of drug-likeness (QED) is 0.267. The molecule has 0 bridgehead atoms. The SMILES string of the molecule is COc1cccc(-c2cc(C(F)(F)F)n3nc(C(=O)Nc4ccc(S(=O)(=O)Nc5ncccn5)cc4)c(Cl)c3n2)c1. The lowest BCUT2D eigenvalue weighted by atomic mass is 10.1. The number of methoxy groups -OCH3 is 1. The first-order valence-electron chi connectivity index (χ1n) is 11.5. The number of aromatic nitrogens is 5. The number of halogens is 4. The van der Waals surface area contributed by atoms with E-state index >= 15 is 0 Å². The number of hydrogen-bond acceptors (Lipinski definition) is 8. The number of ether oxygens (including phenoxy) is 1. The number of carbonyl (C=O) groups excluding carboxylic acids is 1. The summed E-state index contributed by atoms with van der Waals surface area (Å²) in [5, 5.41) is 5.82. The molecule has 0 saturated heterocycles. The Balaban J connectivity index is 1.45. The number of carbonyl (C=O) groups is 1. The van der Waals surface area contributed by atoms with E-state index in [0.717, 1.165) is 6.07 Å². The van der Waals surface area contributed by atoms with Gasteiger partial charge in [-0.05, 0) is 48.5 Å². The number of alkyl halides is 3. The molecule has 11 nitrogen and oxygen atoms in total. The van der Waals surface area contributed by atoms with Gasteiger partial charge < -0.3 is 10.1 Å². The summed E-state index contributed by atoms with van der Waals surface area (Å²) in [4.78, 5) is 24.6. The maximum atomic E-state index is 14.0. The van der Waals surface area contributed by atoms with Crippen LogP contribution >= 0.6 is 11.6 Å². The van der Waals surface area contributed by atoms with Gasteiger partial charge in [-0.15, -0.1) is 0 Å². The molecule has 0 radical (unpaired) electrons. The van der Waals surface area contributed by atoms with Gasteiger partial charge in [0.2, 0.25) is 5.95 Å². The number of sulfonamides is 1. The fourth-order valence-electron chi connectivity index (χ4n) is 3.71. The third-order valence-electron chi connectivity index (χ3n) is 5.62. The van der Waals surface area contributed by atoms with Gasteiger partial charge in [-0.3, -0.25) is 4.79 Å². The van der Waals surface area contributed by atoms with Crippen molar-refractivity contribution in [3.8, 4) is 17.0 Å². The van der Waals surface area contributed by atoms with Gasteiger partial charge in [0.1, 0.15) is 10.8 Å². The second-order valence-electron chi connectivity index (χ2n) is 8.31. The van der Waals surface area contributed by atoms with Crippen molar-refractivity contribution in [2.24, 2.45) is 0 Å². The van der Waals surface area contributed by atoms with Crippen LogP contribution in [0.25, 0.3) is 16.9 Å². The number of amides is 1. The summed E-state index contributed by atoms with van der Waals surface area (Å²) in [6.07, 6.45) is -2.14. The predicted molar refractivity (Wildman–Crippen MR) is 142 cm³/mol. The van der Waals surface area contributed by atoms with Crippen LogP contribution < -0.4 is 14.8 Å². The lowest BCUT2D eigenvalue weighted by Crippen LogP contribution is -2.16. The molecule has 16 heteroatoms. The van der Waals surface area contributed by atoms with Crippen molar-refractivity contribution in [1.82, 2.24) is 24.6 Å². The Morgan fingerprint density at radius 3 is 2.39 bits per heavy atom. The monoisotopic (exact) mass is 603 g/mol. The number of anilines is 2. The molecule has 0 aliphatic rings. The van der Waals surface area contributed by atoms with E-state index in [1.54, 1.807) is 18.2 Å². The third kappa shape index (κ3) is 5.76. The zero-order chi connectivity index (χ0) is 29.4. The predicted octanol–water partition coefficient (Wildman–Crippen LogP) is 4.92. The molecule has 0 fully saturated rings. The minimum Gasteiger partial charge on any atom is -0.497 e. The highest BCUT2D eigenvalue weighted by Gasteiger charge is 2.37. The fourth-order valence-corrected chi connectivity index (χ4v) is 4.91. The summed E-state index contributed by atoms with van der Waals surface area (Å²) in [5.74, 6) is -0.670. The highest BCUT2D eigenvalue weighted by Crippen LogP contribution is 2.35. The van der Waals surface area contributed by atoms with Crippen LogP contribution in [-0.4, -0.2) is 46.0 Å². The first kappa shape index (κ1) is 27.8. The first-order chi connectivity index (χ1) is 19.5. The maximum absolute atomic E-state index is 14.0. The topological polar surface area (TPSA) is 140 Å². The summed E-state index contributed by atoms with van der Waals surface area (Å²) >= 11 is 6.32. The number of fused-ring (bicyclic) bond motifs is 1. The smallest absolute Gasteiger partial charge is 0.433 e. The van der Waals surface area contributed by atoms with E-state index in [0.29, 0.717) is 15.8 Å². The minimum absolute atomic E-state index is 0.0659. The average molecular weight is 604 g/mol. The number of nitrogens with one attached hydrogen (secondary N) is 2. The van der Waals surface area contributed by atoms with E-state index in [9.17, 15) is 26.4 Å². The molecule has 0 aliphatic heterocycles. The molecule has 5 rings (SSSR count). The number of hydrogen-bond donors (Lipinski definition) is 2. The van der Waals surface area contributed by atoms with Gasteiger partial charge in [0.15, 0.2) is 17.0 Å². The molecule has 1 amide bonds. The molecule has 3 aromatic heterocycles. The van der Waals surface area contributed by atoms with E-state index < -0.39 is 38.5 Å². The van der Waals surface area contributed by atoms with Crippen LogP contribution in [0, 0.1) is 0 Å². The average Bonchev–Trinajstić information content (AvgIpc) is 3.29. The molecular formula is C25H17ClF3N7O4S. The van der Waals surface area contributed by atoms with Crippen molar-refractivity contribution in [3.63, 3.8) is 0 Å². The van der Waals surface area contributed by atoms with E-state index in [-0.39, 0.29) is 27.9 Å². The molecule has 0 aliphatic carbocycles. The zero-order valence-corrected chi connectivity index (χ0v) is 22.3. The van der Waals surface area contributed by atoms with Crippen molar-refractivity contribution in [2.45, 2.75) is 11.1 Å². The highest BCUT2D eigenvalue weighted by atomic mass is 35.5. The summed E-state index contributed by atoms with van der Waals surface area (Å²) in [6, 6.07) is 13.5. The van der Waals surface area contributed by atoms with Gasteiger partial charge in [0.25, 0.3) is 15.9 Å². The summed E-state index contributed by atoms with van der Waals surface area (Å²) in [5.41, 5.74) is -1.73. The van der Waals surface area contributed by atoms with Crippen molar-refractivity contribution in [2.75, 3.05) is 17.1 Å². The Hall–Kier alpha value is -4.76. The van der Waals surface area contributed by atoms with Gasteiger partial charge in [-0.2, -0.15) is 18.3 Å². The van der Waals surface area contributed by atoms with E-state index in [1.807, 2.05) is 0 Å². The fraction of sp³-hybridized carbons (Fsp3) is 0.0800. The van der Waals surface area contributed by atoms with Crippen LogP contribution in [0.3, 0.4) is 0 Å². The third-order valence-corrected chi connectivity index (χ3v) is 7.31. The molecule has 2 aromatic carbocycles. The van der Waals surface area contributed by atoms with E-state index in [2.05, 4.69) is 30.1 Å². The summed E-state index contributed by atoms with van der Waals surface area (Å²) in [6.45, 7) is 0. The zero-order valence-electron chi connectivity index (χ0n) is 20.7. The van der Waals surface area contributed by atoms with Crippen LogP contribution in [0.15, 0.2) is 78.0 Å². The molecule has 210 valence electrons. The van der Waals surface area contributed by atoms with Crippen LogP contribution in [-0.2, 0) is 16.2 Å². The normalized spacial score (nSPS) is 11.8. The lowest BCUT2D eigenvalue weighted by molar-refractivity contribution is -0.142. The molecule has 2 N–H and O–H groups in total. The maximum Gasteiger partial charge on any atom is 0.433 e. The molecule has 0 saturated carbocycles. The number of benzene rings is 2. The first-order valence-corrected chi connectivity index (χ1v) is 13.3. The highest BCUT2D eigenvalue weighted by molar-refractivity contribution is 7.92. The lowest BCUT2D eigenvalue weighted by Gasteiger charge is -2.11. The molecule has 5 aromatic rings. The second kappa shape index (κ2) is 10.7. The summed E-state index contributed by atoms with van der Waals surface area (Å²) < 4.78 is 74.9. The van der Waals surface area contributed by atoms with E-state index in [4.69, 9.17) is 16.3 Å².